The maximum absolute atomic E-state index is 12.2. The molecule has 23 heavy (non-hydrogen) atoms. The van der Waals surface area contributed by atoms with Crippen LogP contribution in [0.1, 0.15) is 28.4 Å². The highest BCUT2D eigenvalue weighted by molar-refractivity contribution is 7.07. The van der Waals surface area contributed by atoms with Crippen molar-refractivity contribution < 1.29 is 9.59 Å². The van der Waals surface area contributed by atoms with E-state index in [4.69, 9.17) is 0 Å². The number of nitrogens with one attached hydrogen (secondary N) is 1. The van der Waals surface area contributed by atoms with Gasteiger partial charge in [-0.2, -0.15) is 11.3 Å². The first kappa shape index (κ1) is 17.2. The van der Waals surface area contributed by atoms with Gasteiger partial charge in [-0.3, -0.25) is 9.59 Å². The quantitative estimate of drug-likeness (QED) is 0.885. The number of likely N-dealkylation sites (N-methyl/N-ethyl adjacent to an activating group) is 1. The first-order valence-electron chi connectivity index (χ1n) is 7.59. The topological polar surface area (TPSA) is 49.4 Å². The summed E-state index contributed by atoms with van der Waals surface area (Å²) in [5.74, 6) is -0.310. The van der Waals surface area contributed by atoms with Gasteiger partial charge in [0, 0.05) is 18.7 Å². The van der Waals surface area contributed by atoms with Gasteiger partial charge in [0.25, 0.3) is 5.91 Å². The van der Waals surface area contributed by atoms with Crippen LogP contribution in [0, 0.1) is 6.92 Å². The van der Waals surface area contributed by atoms with Crippen molar-refractivity contribution in [3.8, 4) is 0 Å². The third-order valence-corrected chi connectivity index (χ3v) is 4.58. The van der Waals surface area contributed by atoms with Gasteiger partial charge in [-0.25, -0.2) is 0 Å². The van der Waals surface area contributed by atoms with E-state index in [0.717, 1.165) is 12.0 Å². The molecule has 1 aromatic carbocycles. The second-order valence-electron chi connectivity index (χ2n) is 5.74. The summed E-state index contributed by atoms with van der Waals surface area (Å²) in [7, 11) is 1.78. The van der Waals surface area contributed by atoms with Crippen LogP contribution in [-0.4, -0.2) is 36.3 Å². The van der Waals surface area contributed by atoms with Crippen LogP contribution in [0.5, 0.6) is 0 Å². The van der Waals surface area contributed by atoms with E-state index in [9.17, 15) is 9.59 Å². The fraction of sp³-hybridized carbons (Fsp3) is 0.333. The molecule has 5 heteroatoms. The number of benzene rings is 1. The van der Waals surface area contributed by atoms with Crippen LogP contribution in [0.4, 0.5) is 0 Å². The molecule has 1 heterocycles. The number of thiophene rings is 1. The Morgan fingerprint density at radius 1 is 1.30 bits per heavy atom. The van der Waals surface area contributed by atoms with Gasteiger partial charge in [0.05, 0.1) is 6.54 Å². The average molecular weight is 330 g/mol. The lowest BCUT2D eigenvalue weighted by atomic mass is 10.1. The fourth-order valence-electron chi connectivity index (χ4n) is 2.30. The van der Waals surface area contributed by atoms with Crippen molar-refractivity contribution >= 4 is 23.2 Å². The number of aryl methyl sites for hydroxylation is 1. The molecule has 0 saturated heterocycles. The molecule has 0 unspecified atom stereocenters. The smallest absolute Gasteiger partial charge is 0.251 e. The lowest BCUT2D eigenvalue weighted by Crippen LogP contribution is -2.43. The molecule has 0 spiro atoms. The summed E-state index contributed by atoms with van der Waals surface area (Å²) in [6.07, 6.45) is 0.817. The maximum Gasteiger partial charge on any atom is 0.251 e. The summed E-state index contributed by atoms with van der Waals surface area (Å²) >= 11 is 1.65. The normalized spacial score (nSPS) is 11.8. The highest BCUT2D eigenvalue weighted by Crippen LogP contribution is 2.11. The first-order chi connectivity index (χ1) is 11.0. The molecule has 1 aromatic heterocycles. The Kier molecular flexibility index (Phi) is 5.93. The molecule has 0 aliphatic carbocycles. The van der Waals surface area contributed by atoms with Crippen molar-refractivity contribution in [2.45, 2.75) is 26.3 Å². The molecule has 2 aromatic rings. The van der Waals surface area contributed by atoms with Gasteiger partial charge in [0.2, 0.25) is 5.91 Å². The molecule has 2 rings (SSSR count). The number of carbonyl (C=O) groups excluding carboxylic acids is 2. The van der Waals surface area contributed by atoms with E-state index in [1.807, 2.05) is 37.4 Å². The van der Waals surface area contributed by atoms with Crippen LogP contribution >= 0.6 is 11.3 Å². The van der Waals surface area contributed by atoms with Crippen LogP contribution in [0.25, 0.3) is 0 Å². The van der Waals surface area contributed by atoms with Crippen molar-refractivity contribution in [1.82, 2.24) is 10.2 Å². The number of nitrogens with zero attached hydrogens (tertiary/aromatic N) is 1. The van der Waals surface area contributed by atoms with Crippen molar-refractivity contribution in [1.29, 1.82) is 0 Å². The predicted octanol–water partition coefficient (Wildman–Crippen LogP) is 2.88. The maximum atomic E-state index is 12.2. The van der Waals surface area contributed by atoms with E-state index in [-0.39, 0.29) is 24.4 Å². The zero-order valence-electron chi connectivity index (χ0n) is 13.7. The highest BCUT2D eigenvalue weighted by Gasteiger charge is 2.17. The molecule has 0 fully saturated rings. The van der Waals surface area contributed by atoms with E-state index >= 15 is 0 Å². The molecule has 0 radical (unpaired) electrons. The van der Waals surface area contributed by atoms with Gasteiger partial charge < -0.3 is 10.2 Å². The Morgan fingerprint density at radius 3 is 2.74 bits per heavy atom. The second-order valence-corrected chi connectivity index (χ2v) is 6.52. The molecule has 0 bridgehead atoms. The number of amides is 2. The fourth-order valence-corrected chi connectivity index (χ4v) is 2.98. The van der Waals surface area contributed by atoms with Crippen molar-refractivity contribution in [3.05, 3.63) is 57.8 Å². The Bertz CT molecular complexity index is 667. The third-order valence-electron chi connectivity index (χ3n) is 3.85. The Labute approximate surface area is 141 Å². The van der Waals surface area contributed by atoms with Crippen LogP contribution < -0.4 is 5.32 Å². The van der Waals surface area contributed by atoms with Crippen molar-refractivity contribution in [3.63, 3.8) is 0 Å². The van der Waals surface area contributed by atoms with E-state index in [1.54, 1.807) is 29.4 Å². The van der Waals surface area contributed by atoms with Crippen LogP contribution in [0.3, 0.4) is 0 Å². The van der Waals surface area contributed by atoms with Gasteiger partial charge in [-0.05, 0) is 54.8 Å². The van der Waals surface area contributed by atoms with E-state index in [2.05, 4.69) is 16.8 Å². The molecule has 2 amide bonds. The zero-order valence-corrected chi connectivity index (χ0v) is 14.5. The minimum atomic E-state index is -0.221. The van der Waals surface area contributed by atoms with Gasteiger partial charge in [0.15, 0.2) is 0 Å². The third kappa shape index (κ3) is 4.93. The summed E-state index contributed by atoms with van der Waals surface area (Å²) < 4.78 is 0. The second kappa shape index (κ2) is 7.92. The molecule has 0 saturated carbocycles. The van der Waals surface area contributed by atoms with E-state index < -0.39 is 0 Å². The molecule has 1 N–H and O–H groups in total. The summed E-state index contributed by atoms with van der Waals surface area (Å²) in [4.78, 5) is 26.0. The standard InChI is InChI=1S/C18H22N2O2S/c1-13-5-4-6-16(9-13)18(22)19-11-17(21)20(3)14(2)10-15-7-8-23-12-15/h4-9,12,14H,10-11H2,1-3H3,(H,19,22)/t14-/m0/s1. The van der Waals surface area contributed by atoms with Crippen LogP contribution in [0.15, 0.2) is 41.1 Å². The van der Waals surface area contributed by atoms with Crippen molar-refractivity contribution in [2.24, 2.45) is 0 Å². The number of carbonyl (C=O) groups is 2. The molecule has 0 aliphatic rings. The molecule has 1 atom stereocenters. The lowest BCUT2D eigenvalue weighted by Gasteiger charge is -2.25. The largest absolute Gasteiger partial charge is 0.343 e. The predicted molar refractivity (Wildman–Crippen MR) is 93.8 cm³/mol. The molecule has 122 valence electrons. The number of rotatable bonds is 6. The SMILES string of the molecule is Cc1cccc(C(=O)NCC(=O)N(C)[C@@H](C)Cc2ccsc2)c1. The minimum Gasteiger partial charge on any atom is -0.343 e. The van der Waals surface area contributed by atoms with E-state index in [1.165, 1.54) is 5.56 Å². The Balaban J connectivity index is 1.84. The Hall–Kier alpha value is -2.14. The van der Waals surface area contributed by atoms with Gasteiger partial charge >= 0.3 is 0 Å². The number of hydrogen-bond acceptors (Lipinski definition) is 3. The molecular weight excluding hydrogens is 308 g/mol. The highest BCUT2D eigenvalue weighted by atomic mass is 32.1. The summed E-state index contributed by atoms with van der Waals surface area (Å²) in [5.41, 5.74) is 2.82. The minimum absolute atomic E-state index is 0.0112. The summed E-state index contributed by atoms with van der Waals surface area (Å²) in [6, 6.07) is 9.48. The first-order valence-corrected chi connectivity index (χ1v) is 8.53. The van der Waals surface area contributed by atoms with Gasteiger partial charge in [-0.1, -0.05) is 17.7 Å². The number of hydrogen-bond donors (Lipinski definition) is 1. The lowest BCUT2D eigenvalue weighted by molar-refractivity contribution is -0.130. The molecule has 4 nitrogen and oxygen atoms in total. The van der Waals surface area contributed by atoms with Crippen LogP contribution in [-0.2, 0) is 11.2 Å². The molecular formula is C18H22N2O2S. The van der Waals surface area contributed by atoms with Crippen LogP contribution in [0.2, 0.25) is 0 Å². The molecule has 0 aliphatic heterocycles. The zero-order chi connectivity index (χ0) is 16.8. The van der Waals surface area contributed by atoms with Gasteiger partial charge in [-0.15, -0.1) is 0 Å². The summed E-state index contributed by atoms with van der Waals surface area (Å²) in [5, 5.41) is 6.82. The van der Waals surface area contributed by atoms with Gasteiger partial charge in [0.1, 0.15) is 0 Å². The van der Waals surface area contributed by atoms with E-state index in [0.29, 0.717) is 5.56 Å². The Morgan fingerprint density at radius 2 is 2.09 bits per heavy atom. The summed E-state index contributed by atoms with van der Waals surface area (Å²) in [6.45, 7) is 3.96. The average Bonchev–Trinajstić information content (AvgIpc) is 3.04. The monoisotopic (exact) mass is 330 g/mol. The van der Waals surface area contributed by atoms with Crippen molar-refractivity contribution in [2.75, 3.05) is 13.6 Å².